The number of rotatable bonds is 4. The predicted octanol–water partition coefficient (Wildman–Crippen LogP) is 3.26. The molecule has 0 spiro atoms. The molecule has 1 aromatic carbocycles. The zero-order chi connectivity index (χ0) is 15.6. The molecule has 3 aromatic heterocycles. The summed E-state index contributed by atoms with van der Waals surface area (Å²) in [5.41, 5.74) is 0.895. The van der Waals surface area contributed by atoms with Gasteiger partial charge in [-0.15, -0.1) is 21.5 Å². The smallest absolute Gasteiger partial charge is 0.268 e. The number of hydrogen-bond acceptors (Lipinski definition) is 7. The third-order valence-electron chi connectivity index (χ3n) is 3.04. The van der Waals surface area contributed by atoms with Crippen molar-refractivity contribution in [2.24, 2.45) is 0 Å². The Kier molecular flexibility index (Phi) is 3.72. The van der Waals surface area contributed by atoms with Crippen molar-refractivity contribution < 1.29 is 4.52 Å². The number of tetrazole rings is 1. The maximum Gasteiger partial charge on any atom is 0.268 e. The summed E-state index contributed by atoms with van der Waals surface area (Å²) in [5, 5.41) is 18.3. The first-order chi connectivity index (χ1) is 11.3. The van der Waals surface area contributed by atoms with Gasteiger partial charge in [0.15, 0.2) is 5.82 Å². The maximum absolute atomic E-state index is 5.24. The summed E-state index contributed by atoms with van der Waals surface area (Å²) in [6, 6.07) is 11.6. The molecule has 0 amide bonds. The second kappa shape index (κ2) is 6.01. The topological polar surface area (TPSA) is 82.5 Å². The molecule has 0 fully saturated rings. The van der Waals surface area contributed by atoms with E-state index < -0.39 is 0 Å². The normalized spacial score (nSPS) is 11.0. The third kappa shape index (κ3) is 3.06. The molecule has 0 atom stereocenters. The van der Waals surface area contributed by atoms with E-state index in [1.807, 2.05) is 41.8 Å². The number of benzene rings is 1. The van der Waals surface area contributed by atoms with Crippen LogP contribution in [0.25, 0.3) is 22.2 Å². The van der Waals surface area contributed by atoms with Crippen molar-refractivity contribution in [3.05, 3.63) is 52.1 Å². The van der Waals surface area contributed by atoms with E-state index in [1.165, 1.54) is 4.80 Å². The van der Waals surface area contributed by atoms with Gasteiger partial charge in [0.25, 0.3) is 5.89 Å². The zero-order valence-corrected chi connectivity index (χ0v) is 14.0. The summed E-state index contributed by atoms with van der Waals surface area (Å²) >= 11 is 4.95. The van der Waals surface area contributed by atoms with Crippen LogP contribution in [-0.2, 0) is 6.54 Å². The number of hydrogen-bond donors (Lipinski definition) is 0. The van der Waals surface area contributed by atoms with Gasteiger partial charge in [-0.3, -0.25) is 0 Å². The Labute approximate surface area is 143 Å². The molecule has 0 aliphatic heterocycles. The minimum absolute atomic E-state index is 0.304. The second-order valence-electron chi connectivity index (χ2n) is 4.64. The van der Waals surface area contributed by atoms with E-state index >= 15 is 0 Å². The van der Waals surface area contributed by atoms with E-state index in [9.17, 15) is 0 Å². The average Bonchev–Trinajstić information content (AvgIpc) is 3.29. The largest absolute Gasteiger partial charge is 0.333 e. The molecule has 4 rings (SSSR count). The van der Waals surface area contributed by atoms with Crippen LogP contribution in [0, 0.1) is 0 Å². The van der Waals surface area contributed by atoms with Crippen LogP contribution in [-0.4, -0.2) is 30.3 Å². The first-order valence-electron chi connectivity index (χ1n) is 6.68. The Morgan fingerprint density at radius 2 is 2.04 bits per heavy atom. The van der Waals surface area contributed by atoms with E-state index in [2.05, 4.69) is 41.5 Å². The lowest BCUT2D eigenvalue weighted by molar-refractivity contribution is 0.415. The van der Waals surface area contributed by atoms with Gasteiger partial charge in [-0.1, -0.05) is 27.2 Å². The zero-order valence-electron chi connectivity index (χ0n) is 11.6. The Hall–Kier alpha value is -2.39. The van der Waals surface area contributed by atoms with Gasteiger partial charge in [-0.25, -0.2) is 0 Å². The Bertz CT molecular complexity index is 915. The molecule has 9 heteroatoms. The predicted molar refractivity (Wildman–Crippen MR) is 87.7 cm³/mol. The monoisotopic (exact) mass is 388 g/mol. The highest BCUT2D eigenvalue weighted by molar-refractivity contribution is 9.10. The van der Waals surface area contributed by atoms with Gasteiger partial charge in [-0.05, 0) is 40.9 Å². The van der Waals surface area contributed by atoms with E-state index in [1.54, 1.807) is 11.3 Å². The Morgan fingerprint density at radius 1 is 1.17 bits per heavy atom. The Morgan fingerprint density at radius 3 is 2.83 bits per heavy atom. The molecular formula is C14H9BrN6OS. The second-order valence-corrected chi connectivity index (χ2v) is 6.51. The van der Waals surface area contributed by atoms with Gasteiger partial charge in [0.1, 0.15) is 6.54 Å². The van der Waals surface area contributed by atoms with Gasteiger partial charge in [0.05, 0.1) is 4.88 Å². The van der Waals surface area contributed by atoms with Crippen molar-refractivity contribution in [2.45, 2.75) is 6.54 Å². The number of nitrogens with zero attached hydrogens (tertiary/aromatic N) is 6. The van der Waals surface area contributed by atoms with Crippen molar-refractivity contribution in [3.63, 3.8) is 0 Å². The molecule has 0 aliphatic carbocycles. The van der Waals surface area contributed by atoms with E-state index in [0.29, 0.717) is 24.1 Å². The molecule has 7 nitrogen and oxygen atoms in total. The molecule has 0 bridgehead atoms. The highest BCUT2D eigenvalue weighted by atomic mass is 79.9. The van der Waals surface area contributed by atoms with Crippen LogP contribution in [0.1, 0.15) is 5.82 Å². The van der Waals surface area contributed by atoms with Crippen LogP contribution in [0.15, 0.2) is 50.8 Å². The summed E-state index contributed by atoms with van der Waals surface area (Å²) in [7, 11) is 0. The molecule has 0 aliphatic rings. The lowest BCUT2D eigenvalue weighted by Gasteiger charge is -1.94. The average molecular weight is 389 g/mol. The fraction of sp³-hybridized carbons (Fsp3) is 0.0714. The van der Waals surface area contributed by atoms with Gasteiger partial charge in [-0.2, -0.15) is 9.78 Å². The van der Waals surface area contributed by atoms with Crippen LogP contribution in [0.4, 0.5) is 0 Å². The van der Waals surface area contributed by atoms with Gasteiger partial charge < -0.3 is 4.52 Å². The molecule has 0 N–H and O–H groups in total. The van der Waals surface area contributed by atoms with E-state index in [4.69, 9.17) is 4.52 Å². The molecule has 4 aromatic rings. The maximum atomic E-state index is 5.24. The van der Waals surface area contributed by atoms with Crippen molar-refractivity contribution in [1.29, 1.82) is 0 Å². The lowest BCUT2D eigenvalue weighted by atomic mass is 10.2. The quantitative estimate of drug-likeness (QED) is 0.533. The standard InChI is InChI=1S/C14H9BrN6OS/c15-10-5-3-9(4-6-10)13-17-20-21(18-13)8-12-16-14(22-19-12)11-2-1-7-23-11/h1-7H,8H2. The minimum Gasteiger partial charge on any atom is -0.333 e. The number of thiophene rings is 1. The SMILES string of the molecule is Brc1ccc(-c2nnn(Cc3noc(-c4cccs4)n3)n2)cc1. The van der Waals surface area contributed by atoms with Crippen LogP contribution in [0.3, 0.4) is 0 Å². The lowest BCUT2D eigenvalue weighted by Crippen LogP contribution is -2.05. The van der Waals surface area contributed by atoms with Gasteiger partial charge in [0, 0.05) is 10.0 Å². The molecule has 0 saturated heterocycles. The van der Waals surface area contributed by atoms with Crippen molar-refractivity contribution in [1.82, 2.24) is 30.3 Å². The molecule has 23 heavy (non-hydrogen) atoms. The first-order valence-corrected chi connectivity index (χ1v) is 8.35. The fourth-order valence-corrected chi connectivity index (χ4v) is 2.88. The fourth-order valence-electron chi connectivity index (χ4n) is 1.97. The molecule has 0 radical (unpaired) electrons. The highest BCUT2D eigenvalue weighted by Gasteiger charge is 2.12. The van der Waals surface area contributed by atoms with Crippen LogP contribution in [0.2, 0.25) is 0 Å². The molecular weight excluding hydrogens is 380 g/mol. The van der Waals surface area contributed by atoms with Gasteiger partial charge >= 0.3 is 0 Å². The minimum atomic E-state index is 0.304. The molecule has 3 heterocycles. The summed E-state index contributed by atoms with van der Waals surface area (Å²) < 4.78 is 6.24. The van der Waals surface area contributed by atoms with Gasteiger partial charge in [0.2, 0.25) is 5.82 Å². The molecule has 0 unspecified atom stereocenters. The van der Waals surface area contributed by atoms with Crippen LogP contribution < -0.4 is 0 Å². The molecule has 114 valence electrons. The van der Waals surface area contributed by atoms with Crippen LogP contribution >= 0.6 is 27.3 Å². The van der Waals surface area contributed by atoms with Crippen molar-refractivity contribution >= 4 is 27.3 Å². The third-order valence-corrected chi connectivity index (χ3v) is 4.42. The summed E-state index contributed by atoms with van der Waals surface area (Å²) in [6.07, 6.45) is 0. The Balaban J connectivity index is 1.53. The van der Waals surface area contributed by atoms with E-state index in [0.717, 1.165) is 14.9 Å². The summed E-state index contributed by atoms with van der Waals surface area (Å²) in [6.45, 7) is 0.304. The van der Waals surface area contributed by atoms with E-state index in [-0.39, 0.29) is 0 Å². The number of halogens is 1. The van der Waals surface area contributed by atoms with Crippen LogP contribution in [0.5, 0.6) is 0 Å². The molecule has 0 saturated carbocycles. The van der Waals surface area contributed by atoms with Crippen molar-refractivity contribution in [3.8, 4) is 22.2 Å². The summed E-state index contributed by atoms with van der Waals surface area (Å²) in [4.78, 5) is 6.72. The van der Waals surface area contributed by atoms with Crippen molar-refractivity contribution in [2.75, 3.05) is 0 Å². The highest BCUT2D eigenvalue weighted by Crippen LogP contribution is 2.22. The number of aromatic nitrogens is 6. The summed E-state index contributed by atoms with van der Waals surface area (Å²) in [5.74, 6) is 1.57. The first kappa shape index (κ1) is 14.2.